The van der Waals surface area contributed by atoms with Crippen LogP contribution in [0.4, 0.5) is 10.5 Å². The molecule has 4 aromatic rings. The Labute approximate surface area is 173 Å². The maximum Gasteiger partial charge on any atom is 0.321 e. The summed E-state index contributed by atoms with van der Waals surface area (Å²) in [4.78, 5) is 29.2. The maximum absolute atomic E-state index is 12.9. The van der Waals surface area contributed by atoms with Gasteiger partial charge in [0, 0.05) is 37.0 Å². The van der Waals surface area contributed by atoms with Crippen molar-refractivity contribution in [1.82, 2.24) is 20.0 Å². The minimum absolute atomic E-state index is 0.110. The molecule has 1 aliphatic rings. The van der Waals surface area contributed by atoms with Crippen LogP contribution >= 0.6 is 0 Å². The van der Waals surface area contributed by atoms with E-state index in [2.05, 4.69) is 15.5 Å². The van der Waals surface area contributed by atoms with Crippen molar-refractivity contribution < 1.29 is 9.59 Å². The number of nitrogens with one attached hydrogen (secondary N) is 2. The van der Waals surface area contributed by atoms with Crippen LogP contribution in [0.15, 0.2) is 66.7 Å². The van der Waals surface area contributed by atoms with Crippen LogP contribution in [-0.2, 0) is 0 Å². The molecule has 5 rings (SSSR count). The number of fused-ring (bicyclic) bond motifs is 2. The monoisotopic (exact) mass is 399 g/mol. The average Bonchev–Trinajstić information content (AvgIpc) is 3.23. The number of aromatic nitrogens is 2. The van der Waals surface area contributed by atoms with Crippen LogP contribution in [-0.4, -0.2) is 58.1 Å². The van der Waals surface area contributed by atoms with Gasteiger partial charge in [-0.3, -0.25) is 9.89 Å². The third-order valence-corrected chi connectivity index (χ3v) is 5.56. The predicted octanol–water partition coefficient (Wildman–Crippen LogP) is 3.71. The summed E-state index contributed by atoms with van der Waals surface area (Å²) in [5.41, 5.74) is 2.06. The molecule has 1 aliphatic heterocycles. The lowest BCUT2D eigenvalue weighted by atomic mass is 10.1. The SMILES string of the molecule is O=C(Nc1cccc2ccccc12)N1CCN(C(=O)c2n[nH]c3ccccc23)CC1. The minimum Gasteiger partial charge on any atom is -0.334 e. The fourth-order valence-electron chi connectivity index (χ4n) is 3.92. The highest BCUT2D eigenvalue weighted by atomic mass is 16.2. The molecule has 1 saturated heterocycles. The van der Waals surface area contributed by atoms with Gasteiger partial charge in [-0.15, -0.1) is 0 Å². The van der Waals surface area contributed by atoms with Crippen molar-refractivity contribution >= 4 is 39.3 Å². The number of benzene rings is 3. The zero-order valence-corrected chi connectivity index (χ0v) is 16.3. The molecule has 150 valence electrons. The predicted molar refractivity (Wildman–Crippen MR) is 117 cm³/mol. The zero-order valence-electron chi connectivity index (χ0n) is 16.3. The molecular formula is C23H21N5O2. The molecule has 7 nitrogen and oxygen atoms in total. The highest BCUT2D eigenvalue weighted by Crippen LogP contribution is 2.23. The number of anilines is 1. The Morgan fingerprint density at radius 3 is 2.30 bits per heavy atom. The molecule has 0 atom stereocenters. The summed E-state index contributed by atoms with van der Waals surface area (Å²) < 4.78 is 0. The molecule has 2 N–H and O–H groups in total. The van der Waals surface area contributed by atoms with Crippen molar-refractivity contribution in [2.75, 3.05) is 31.5 Å². The van der Waals surface area contributed by atoms with Crippen molar-refractivity contribution in [3.05, 3.63) is 72.4 Å². The second-order valence-electron chi connectivity index (χ2n) is 7.35. The Morgan fingerprint density at radius 2 is 1.47 bits per heavy atom. The fraction of sp³-hybridized carbons (Fsp3) is 0.174. The van der Waals surface area contributed by atoms with E-state index in [9.17, 15) is 9.59 Å². The van der Waals surface area contributed by atoms with Crippen LogP contribution in [0.1, 0.15) is 10.5 Å². The van der Waals surface area contributed by atoms with Crippen molar-refractivity contribution in [3.63, 3.8) is 0 Å². The molecule has 0 spiro atoms. The van der Waals surface area contributed by atoms with Crippen molar-refractivity contribution in [2.45, 2.75) is 0 Å². The number of carbonyl (C=O) groups excluding carboxylic acids is 2. The van der Waals surface area contributed by atoms with E-state index >= 15 is 0 Å². The lowest BCUT2D eigenvalue weighted by Crippen LogP contribution is -2.51. The summed E-state index contributed by atoms with van der Waals surface area (Å²) in [5.74, 6) is -0.110. The number of rotatable bonds is 2. The number of nitrogens with zero attached hydrogens (tertiary/aromatic N) is 3. The molecule has 0 radical (unpaired) electrons. The van der Waals surface area contributed by atoms with Crippen LogP contribution in [0.25, 0.3) is 21.7 Å². The molecule has 3 amide bonds. The van der Waals surface area contributed by atoms with Crippen LogP contribution in [0.3, 0.4) is 0 Å². The Balaban J connectivity index is 1.25. The van der Waals surface area contributed by atoms with Gasteiger partial charge in [0.05, 0.1) is 11.2 Å². The standard InChI is InChI=1S/C23H21N5O2/c29-22(21-18-9-3-4-10-20(18)25-26-21)27-12-14-28(15-13-27)23(30)24-19-11-5-7-16-6-1-2-8-17(16)19/h1-11H,12-15H2,(H,24,30)(H,25,26). The maximum atomic E-state index is 12.9. The van der Waals surface area contributed by atoms with E-state index in [0.29, 0.717) is 31.9 Å². The summed E-state index contributed by atoms with van der Waals surface area (Å²) in [6, 6.07) is 21.3. The van der Waals surface area contributed by atoms with E-state index in [1.165, 1.54) is 0 Å². The van der Waals surface area contributed by atoms with E-state index in [-0.39, 0.29) is 11.9 Å². The number of piperazine rings is 1. The Kier molecular flexibility index (Phi) is 4.55. The highest BCUT2D eigenvalue weighted by molar-refractivity contribution is 6.05. The van der Waals surface area contributed by atoms with E-state index in [4.69, 9.17) is 0 Å². The summed E-state index contributed by atoms with van der Waals surface area (Å²) in [6.07, 6.45) is 0. The first kappa shape index (κ1) is 18.2. The highest BCUT2D eigenvalue weighted by Gasteiger charge is 2.27. The van der Waals surface area contributed by atoms with Gasteiger partial charge >= 0.3 is 6.03 Å². The van der Waals surface area contributed by atoms with Crippen LogP contribution < -0.4 is 5.32 Å². The normalized spacial score (nSPS) is 14.3. The van der Waals surface area contributed by atoms with Gasteiger partial charge in [-0.05, 0) is 17.5 Å². The molecule has 0 aliphatic carbocycles. The first-order valence-electron chi connectivity index (χ1n) is 9.97. The Bertz CT molecular complexity index is 1240. The van der Waals surface area contributed by atoms with Gasteiger partial charge < -0.3 is 15.1 Å². The molecule has 3 aromatic carbocycles. The Morgan fingerprint density at radius 1 is 0.800 bits per heavy atom. The zero-order chi connectivity index (χ0) is 20.5. The molecule has 0 unspecified atom stereocenters. The van der Waals surface area contributed by atoms with Gasteiger partial charge in [0.2, 0.25) is 0 Å². The number of para-hydroxylation sites is 1. The lowest BCUT2D eigenvalue weighted by molar-refractivity contribution is 0.0667. The number of urea groups is 1. The third-order valence-electron chi connectivity index (χ3n) is 5.56. The van der Waals surface area contributed by atoms with Gasteiger partial charge in [0.1, 0.15) is 0 Å². The molecule has 7 heteroatoms. The number of hydrogen-bond acceptors (Lipinski definition) is 3. The molecular weight excluding hydrogens is 378 g/mol. The average molecular weight is 399 g/mol. The molecule has 0 bridgehead atoms. The van der Waals surface area contributed by atoms with Crippen LogP contribution in [0.2, 0.25) is 0 Å². The van der Waals surface area contributed by atoms with Crippen LogP contribution in [0, 0.1) is 0 Å². The van der Waals surface area contributed by atoms with Crippen molar-refractivity contribution in [2.24, 2.45) is 0 Å². The molecule has 30 heavy (non-hydrogen) atoms. The van der Waals surface area contributed by atoms with E-state index in [1.807, 2.05) is 66.7 Å². The second-order valence-corrected chi connectivity index (χ2v) is 7.35. The van der Waals surface area contributed by atoms with Gasteiger partial charge in [-0.2, -0.15) is 5.10 Å². The lowest BCUT2D eigenvalue weighted by Gasteiger charge is -2.34. The van der Waals surface area contributed by atoms with Gasteiger partial charge in [-0.25, -0.2) is 4.79 Å². The van der Waals surface area contributed by atoms with Gasteiger partial charge in [0.25, 0.3) is 5.91 Å². The summed E-state index contributed by atoms with van der Waals surface area (Å²) >= 11 is 0. The van der Waals surface area contributed by atoms with Crippen molar-refractivity contribution in [3.8, 4) is 0 Å². The second kappa shape index (κ2) is 7.51. The van der Waals surface area contributed by atoms with Gasteiger partial charge in [-0.1, -0.05) is 54.6 Å². The largest absolute Gasteiger partial charge is 0.334 e. The first-order valence-corrected chi connectivity index (χ1v) is 9.97. The summed E-state index contributed by atoms with van der Waals surface area (Å²) in [7, 11) is 0. The third kappa shape index (κ3) is 3.24. The van der Waals surface area contributed by atoms with Gasteiger partial charge in [0.15, 0.2) is 5.69 Å². The smallest absolute Gasteiger partial charge is 0.321 e. The number of carbonyl (C=O) groups is 2. The number of H-pyrrole nitrogens is 1. The van der Waals surface area contributed by atoms with Crippen molar-refractivity contribution in [1.29, 1.82) is 0 Å². The first-order chi connectivity index (χ1) is 14.7. The van der Waals surface area contributed by atoms with E-state index in [1.54, 1.807) is 9.80 Å². The molecule has 1 aromatic heterocycles. The number of aromatic amines is 1. The topological polar surface area (TPSA) is 81.3 Å². The number of amides is 3. The van der Waals surface area contributed by atoms with E-state index in [0.717, 1.165) is 27.4 Å². The van der Waals surface area contributed by atoms with E-state index < -0.39 is 0 Å². The fourth-order valence-corrected chi connectivity index (χ4v) is 3.92. The van der Waals surface area contributed by atoms with Crippen LogP contribution in [0.5, 0.6) is 0 Å². The summed E-state index contributed by atoms with van der Waals surface area (Å²) in [6.45, 7) is 1.90. The molecule has 1 fully saturated rings. The molecule has 0 saturated carbocycles. The summed E-state index contributed by atoms with van der Waals surface area (Å²) in [5, 5.41) is 13.0. The quantitative estimate of drug-likeness (QED) is 0.539. The molecule has 2 heterocycles. The number of hydrogen-bond donors (Lipinski definition) is 2. The minimum atomic E-state index is -0.149. The Hall–Kier alpha value is -3.87.